The summed E-state index contributed by atoms with van der Waals surface area (Å²) in [6.07, 6.45) is 3.06. The van der Waals surface area contributed by atoms with E-state index in [-0.39, 0.29) is 5.43 Å². The Balaban J connectivity index is 2.12. The van der Waals surface area contributed by atoms with Crippen molar-refractivity contribution >= 4 is 33.8 Å². The van der Waals surface area contributed by atoms with Crippen molar-refractivity contribution in [3.8, 4) is 0 Å². The zero-order chi connectivity index (χ0) is 12.5. The van der Waals surface area contributed by atoms with Crippen LogP contribution in [0, 0.1) is 0 Å². The van der Waals surface area contributed by atoms with Gasteiger partial charge in [0.15, 0.2) is 4.47 Å². The van der Waals surface area contributed by atoms with E-state index in [1.165, 1.54) is 17.5 Å². The summed E-state index contributed by atoms with van der Waals surface area (Å²) in [6, 6.07) is 7.42. The van der Waals surface area contributed by atoms with Crippen LogP contribution in [-0.2, 0) is 6.54 Å². The van der Waals surface area contributed by atoms with Crippen LogP contribution in [0.5, 0.6) is 0 Å². The highest BCUT2D eigenvalue weighted by molar-refractivity contribution is 7.15. The molecule has 0 saturated carbocycles. The van der Waals surface area contributed by atoms with E-state index in [4.69, 9.17) is 11.6 Å². The monoisotopic (exact) mass is 277 g/mol. The van der Waals surface area contributed by atoms with Crippen LogP contribution in [0.2, 0.25) is 4.47 Å². The molecule has 0 aliphatic carbocycles. The molecule has 18 heavy (non-hydrogen) atoms. The lowest BCUT2D eigenvalue weighted by Crippen LogP contribution is -2.12. The van der Waals surface area contributed by atoms with Gasteiger partial charge in [0.25, 0.3) is 0 Å². The average molecular weight is 278 g/mol. The highest BCUT2D eigenvalue weighted by Crippen LogP contribution is 2.19. The maximum atomic E-state index is 11.7. The second-order valence-corrected chi connectivity index (χ2v) is 5.46. The molecule has 0 N–H and O–H groups in total. The van der Waals surface area contributed by atoms with E-state index in [0.717, 1.165) is 10.4 Å². The van der Waals surface area contributed by atoms with Crippen molar-refractivity contribution < 1.29 is 0 Å². The summed E-state index contributed by atoms with van der Waals surface area (Å²) >= 11 is 7.21. The van der Waals surface area contributed by atoms with E-state index in [2.05, 4.69) is 10.1 Å². The molecule has 3 aromatic rings. The summed E-state index contributed by atoms with van der Waals surface area (Å²) < 4.78 is 2.29. The van der Waals surface area contributed by atoms with Gasteiger partial charge in [0.1, 0.15) is 0 Å². The van der Waals surface area contributed by atoms with Crippen LogP contribution in [0.25, 0.3) is 10.9 Å². The van der Waals surface area contributed by atoms with Crippen molar-refractivity contribution in [1.82, 2.24) is 14.8 Å². The minimum absolute atomic E-state index is 0.0656. The lowest BCUT2D eigenvalue weighted by molar-refractivity contribution is 0.701. The predicted molar refractivity (Wildman–Crippen MR) is 72.2 cm³/mol. The minimum atomic E-state index is -0.0656. The van der Waals surface area contributed by atoms with Crippen LogP contribution >= 0.6 is 22.9 Å². The van der Waals surface area contributed by atoms with E-state index in [9.17, 15) is 4.79 Å². The van der Waals surface area contributed by atoms with E-state index in [1.54, 1.807) is 16.9 Å². The zero-order valence-corrected chi connectivity index (χ0v) is 10.8. The van der Waals surface area contributed by atoms with Gasteiger partial charge in [0.05, 0.1) is 18.3 Å². The fourth-order valence-electron chi connectivity index (χ4n) is 1.79. The van der Waals surface area contributed by atoms with Gasteiger partial charge in [-0.25, -0.2) is 4.98 Å². The number of nitrogens with zero attached hydrogens (tertiary/aromatic N) is 3. The Hall–Kier alpha value is -1.72. The molecule has 6 heteroatoms. The van der Waals surface area contributed by atoms with Crippen molar-refractivity contribution in [2.75, 3.05) is 0 Å². The van der Waals surface area contributed by atoms with Gasteiger partial charge in [-0.05, 0) is 12.1 Å². The van der Waals surface area contributed by atoms with Crippen molar-refractivity contribution in [2.24, 2.45) is 0 Å². The third-order valence-electron chi connectivity index (χ3n) is 2.59. The summed E-state index contributed by atoms with van der Waals surface area (Å²) in [4.78, 5) is 16.7. The minimum Gasteiger partial charge on any atom is -0.287 e. The predicted octanol–water partition coefficient (Wildman–Crippen LogP) is 2.55. The second-order valence-electron chi connectivity index (χ2n) is 3.76. The standard InChI is InChI=1S/C12H8ClN3OS/c13-12-14-5-8(18-12)7-16-10-4-2-1-3-9(10)11(17)6-15-16/h1-6H,7H2. The van der Waals surface area contributed by atoms with Crippen molar-refractivity contribution in [3.05, 3.63) is 56.2 Å². The Morgan fingerprint density at radius 1 is 1.28 bits per heavy atom. The van der Waals surface area contributed by atoms with E-state index in [0.29, 0.717) is 16.4 Å². The van der Waals surface area contributed by atoms with Crippen LogP contribution in [0.4, 0.5) is 0 Å². The van der Waals surface area contributed by atoms with Gasteiger partial charge in [-0.2, -0.15) is 5.10 Å². The summed E-state index contributed by atoms with van der Waals surface area (Å²) in [5, 5.41) is 4.82. The first-order valence-corrected chi connectivity index (χ1v) is 6.48. The molecule has 0 fully saturated rings. The molecule has 4 nitrogen and oxygen atoms in total. The van der Waals surface area contributed by atoms with Gasteiger partial charge in [-0.3, -0.25) is 9.48 Å². The molecule has 0 atom stereocenters. The Kier molecular flexibility index (Phi) is 2.85. The van der Waals surface area contributed by atoms with E-state index >= 15 is 0 Å². The van der Waals surface area contributed by atoms with Gasteiger partial charge in [0, 0.05) is 16.5 Å². The largest absolute Gasteiger partial charge is 0.287 e. The Bertz CT molecular complexity index is 765. The Morgan fingerprint density at radius 3 is 2.89 bits per heavy atom. The molecule has 0 spiro atoms. The quantitative estimate of drug-likeness (QED) is 0.723. The van der Waals surface area contributed by atoms with Crippen LogP contribution in [0.3, 0.4) is 0 Å². The summed E-state index contributed by atoms with van der Waals surface area (Å²) in [5.74, 6) is 0. The Morgan fingerprint density at radius 2 is 2.11 bits per heavy atom. The molecule has 90 valence electrons. The van der Waals surface area contributed by atoms with Crippen molar-refractivity contribution in [3.63, 3.8) is 0 Å². The lowest BCUT2D eigenvalue weighted by atomic mass is 10.2. The normalized spacial score (nSPS) is 10.9. The fraction of sp³-hybridized carbons (Fsp3) is 0.0833. The van der Waals surface area contributed by atoms with Gasteiger partial charge < -0.3 is 0 Å². The van der Waals surface area contributed by atoms with E-state index < -0.39 is 0 Å². The molecular formula is C12H8ClN3OS. The molecular weight excluding hydrogens is 270 g/mol. The molecule has 2 heterocycles. The summed E-state index contributed by atoms with van der Waals surface area (Å²) in [6.45, 7) is 0.561. The second kappa shape index (κ2) is 4.51. The number of hydrogen-bond donors (Lipinski definition) is 0. The number of rotatable bonds is 2. The molecule has 2 aromatic heterocycles. The summed E-state index contributed by atoms with van der Waals surface area (Å²) in [5.41, 5.74) is 0.749. The molecule has 1 aromatic carbocycles. The van der Waals surface area contributed by atoms with Gasteiger partial charge in [-0.1, -0.05) is 23.7 Å². The number of hydrogen-bond acceptors (Lipinski definition) is 4. The van der Waals surface area contributed by atoms with E-state index in [1.807, 2.05) is 18.2 Å². The fourth-order valence-corrected chi connectivity index (χ4v) is 2.75. The molecule has 0 unspecified atom stereocenters. The molecule has 0 saturated heterocycles. The Labute approximate surface area is 111 Å². The highest BCUT2D eigenvalue weighted by Gasteiger charge is 2.05. The molecule has 3 rings (SSSR count). The van der Waals surface area contributed by atoms with Crippen LogP contribution < -0.4 is 5.43 Å². The number of thiazole rings is 1. The average Bonchev–Trinajstić information content (AvgIpc) is 2.79. The number of aromatic nitrogens is 3. The van der Waals surface area contributed by atoms with Crippen LogP contribution in [0.15, 0.2) is 41.5 Å². The number of halogens is 1. The first kappa shape index (κ1) is 11.4. The smallest absolute Gasteiger partial charge is 0.207 e. The van der Waals surface area contributed by atoms with Crippen molar-refractivity contribution in [2.45, 2.75) is 6.54 Å². The number of para-hydroxylation sites is 1. The SMILES string of the molecule is O=c1cnn(Cc2cnc(Cl)s2)c2ccccc12. The van der Waals surface area contributed by atoms with Gasteiger partial charge in [-0.15, -0.1) is 11.3 Å². The molecule has 0 radical (unpaired) electrons. The number of benzene rings is 1. The third-order valence-corrected chi connectivity index (χ3v) is 3.69. The number of fused-ring (bicyclic) bond motifs is 1. The third kappa shape index (κ3) is 2.02. The summed E-state index contributed by atoms with van der Waals surface area (Å²) in [7, 11) is 0. The topological polar surface area (TPSA) is 47.8 Å². The van der Waals surface area contributed by atoms with Gasteiger partial charge >= 0.3 is 0 Å². The molecule has 0 bridgehead atoms. The zero-order valence-electron chi connectivity index (χ0n) is 9.21. The first-order chi connectivity index (χ1) is 8.74. The highest BCUT2D eigenvalue weighted by atomic mass is 35.5. The van der Waals surface area contributed by atoms with Crippen LogP contribution in [0.1, 0.15) is 4.88 Å². The lowest BCUT2D eigenvalue weighted by Gasteiger charge is -2.07. The molecule has 0 amide bonds. The molecule has 0 aliphatic heterocycles. The maximum Gasteiger partial charge on any atom is 0.207 e. The van der Waals surface area contributed by atoms with Crippen LogP contribution in [-0.4, -0.2) is 14.8 Å². The molecule has 0 aliphatic rings. The van der Waals surface area contributed by atoms with Crippen molar-refractivity contribution in [1.29, 1.82) is 0 Å². The van der Waals surface area contributed by atoms with Gasteiger partial charge in [0.2, 0.25) is 5.43 Å². The maximum absolute atomic E-state index is 11.7. The first-order valence-electron chi connectivity index (χ1n) is 5.29.